The molecule has 1 aromatic heterocycles. The van der Waals surface area contributed by atoms with Crippen LogP contribution in [0.3, 0.4) is 0 Å². The second kappa shape index (κ2) is 4.54. The van der Waals surface area contributed by atoms with Crippen LogP contribution in [-0.4, -0.2) is 14.7 Å². The lowest BCUT2D eigenvalue weighted by Gasteiger charge is -2.07. The number of phenols is 1. The number of phenolic OH excluding ortho intramolecular Hbond substituents is 1. The van der Waals surface area contributed by atoms with Crippen molar-refractivity contribution < 1.29 is 5.11 Å². The fourth-order valence-electron chi connectivity index (χ4n) is 2.07. The fourth-order valence-corrected chi connectivity index (χ4v) is 2.19. The van der Waals surface area contributed by atoms with Gasteiger partial charge in [0.2, 0.25) is 0 Å². The van der Waals surface area contributed by atoms with E-state index in [9.17, 15) is 14.7 Å². The first kappa shape index (κ1) is 12.5. The Morgan fingerprint density at radius 3 is 2.45 bits per heavy atom. The minimum absolute atomic E-state index is 0.0713. The predicted octanol–water partition coefficient (Wildman–Crippen LogP) is 2.04. The molecule has 100 valence electrons. The molecule has 2 N–H and O–H groups in total. The van der Waals surface area contributed by atoms with E-state index in [1.54, 1.807) is 36.4 Å². The lowest BCUT2D eigenvalue weighted by Crippen LogP contribution is -2.33. The summed E-state index contributed by atoms with van der Waals surface area (Å²) in [6, 6.07) is 10.8. The van der Waals surface area contributed by atoms with Gasteiger partial charge < -0.3 is 10.1 Å². The largest absolute Gasteiger partial charge is 0.507 e. The van der Waals surface area contributed by atoms with Gasteiger partial charge in [0, 0.05) is 5.02 Å². The van der Waals surface area contributed by atoms with Crippen LogP contribution < -0.4 is 11.2 Å². The third kappa shape index (κ3) is 1.88. The monoisotopic (exact) mass is 288 g/mol. The first-order chi connectivity index (χ1) is 9.58. The number of halogens is 1. The number of H-pyrrole nitrogens is 1. The summed E-state index contributed by atoms with van der Waals surface area (Å²) in [7, 11) is 0. The van der Waals surface area contributed by atoms with E-state index in [0.717, 1.165) is 4.57 Å². The first-order valence-corrected chi connectivity index (χ1v) is 6.19. The summed E-state index contributed by atoms with van der Waals surface area (Å²) < 4.78 is 0.957. The van der Waals surface area contributed by atoms with Gasteiger partial charge in [-0.15, -0.1) is 0 Å². The van der Waals surface area contributed by atoms with Gasteiger partial charge in [0.1, 0.15) is 11.1 Å². The number of fused-ring (bicyclic) bond motifs is 1. The van der Waals surface area contributed by atoms with Gasteiger partial charge in [-0.3, -0.25) is 4.79 Å². The highest BCUT2D eigenvalue weighted by Gasteiger charge is 2.12. The molecule has 3 aromatic rings. The van der Waals surface area contributed by atoms with Crippen molar-refractivity contribution in [2.75, 3.05) is 0 Å². The number of nitrogens with one attached hydrogen (secondary N) is 1. The molecular weight excluding hydrogens is 280 g/mol. The van der Waals surface area contributed by atoms with Crippen molar-refractivity contribution in [3.63, 3.8) is 0 Å². The predicted molar refractivity (Wildman–Crippen MR) is 76.8 cm³/mol. The molecule has 0 amide bonds. The zero-order valence-electron chi connectivity index (χ0n) is 10.1. The number of aromatic hydroxyl groups is 1. The van der Waals surface area contributed by atoms with Gasteiger partial charge >= 0.3 is 5.69 Å². The molecule has 0 unspecified atom stereocenters. The minimum Gasteiger partial charge on any atom is -0.507 e. The van der Waals surface area contributed by atoms with Gasteiger partial charge in [0.25, 0.3) is 5.56 Å². The summed E-state index contributed by atoms with van der Waals surface area (Å²) in [5, 5.41) is 10.4. The maximum atomic E-state index is 12.4. The van der Waals surface area contributed by atoms with Crippen LogP contribution in [0.5, 0.6) is 5.75 Å². The van der Waals surface area contributed by atoms with Gasteiger partial charge in [-0.05, 0) is 36.4 Å². The molecule has 3 rings (SSSR count). The fraction of sp³-hybridized carbons (Fsp3) is 0. The van der Waals surface area contributed by atoms with Crippen LogP contribution in [0.4, 0.5) is 0 Å². The maximum absolute atomic E-state index is 12.4. The number of nitrogens with zero attached hydrogens (tertiary/aromatic N) is 1. The second-order valence-electron chi connectivity index (χ2n) is 4.25. The zero-order chi connectivity index (χ0) is 14.3. The van der Waals surface area contributed by atoms with E-state index in [-0.39, 0.29) is 11.1 Å². The number of rotatable bonds is 1. The Morgan fingerprint density at radius 1 is 1.05 bits per heavy atom. The Balaban J connectivity index is 2.43. The first-order valence-electron chi connectivity index (χ1n) is 5.81. The van der Waals surface area contributed by atoms with E-state index in [1.165, 1.54) is 6.07 Å². The van der Waals surface area contributed by atoms with Crippen LogP contribution in [-0.2, 0) is 0 Å². The van der Waals surface area contributed by atoms with Gasteiger partial charge in [-0.2, -0.15) is 0 Å². The van der Waals surface area contributed by atoms with Crippen molar-refractivity contribution in [3.05, 3.63) is 68.3 Å². The summed E-state index contributed by atoms with van der Waals surface area (Å²) in [5.41, 5.74) is -0.476. The molecule has 0 radical (unpaired) electrons. The molecule has 1 heterocycles. The van der Waals surface area contributed by atoms with Crippen molar-refractivity contribution in [1.82, 2.24) is 9.55 Å². The average Bonchev–Trinajstić information content (AvgIpc) is 2.40. The van der Waals surface area contributed by atoms with Gasteiger partial charge in [-0.25, -0.2) is 9.36 Å². The molecule has 0 aliphatic rings. The van der Waals surface area contributed by atoms with Crippen molar-refractivity contribution in [3.8, 4) is 11.4 Å². The molecule has 0 aliphatic carbocycles. The van der Waals surface area contributed by atoms with Crippen LogP contribution in [0.1, 0.15) is 0 Å². The van der Waals surface area contributed by atoms with Crippen molar-refractivity contribution in [2.45, 2.75) is 0 Å². The molecule has 6 heteroatoms. The molecular formula is C14H9ClN2O3. The van der Waals surface area contributed by atoms with Gasteiger partial charge in [0.05, 0.1) is 11.2 Å². The third-order valence-electron chi connectivity index (χ3n) is 2.99. The quantitative estimate of drug-likeness (QED) is 0.719. The Labute approximate surface area is 117 Å². The summed E-state index contributed by atoms with van der Waals surface area (Å²) >= 11 is 5.79. The van der Waals surface area contributed by atoms with E-state index in [4.69, 9.17) is 11.6 Å². The van der Waals surface area contributed by atoms with E-state index in [0.29, 0.717) is 16.2 Å². The number of hydrogen-bond donors (Lipinski definition) is 2. The molecule has 0 aliphatic heterocycles. The number of hydrogen-bond acceptors (Lipinski definition) is 3. The molecule has 0 fully saturated rings. The lowest BCUT2D eigenvalue weighted by molar-refractivity contribution is 0.481. The van der Waals surface area contributed by atoms with Crippen molar-refractivity contribution in [2.24, 2.45) is 0 Å². The molecule has 5 nitrogen and oxygen atoms in total. The lowest BCUT2D eigenvalue weighted by atomic mass is 10.2. The zero-order valence-corrected chi connectivity index (χ0v) is 10.9. The van der Waals surface area contributed by atoms with E-state index in [2.05, 4.69) is 4.98 Å². The van der Waals surface area contributed by atoms with E-state index >= 15 is 0 Å². The van der Waals surface area contributed by atoms with Crippen molar-refractivity contribution in [1.29, 1.82) is 0 Å². The Morgan fingerprint density at radius 2 is 1.75 bits per heavy atom. The smallest absolute Gasteiger partial charge is 0.333 e. The Hall–Kier alpha value is -2.53. The summed E-state index contributed by atoms with van der Waals surface area (Å²) in [6.45, 7) is 0. The molecule has 0 atom stereocenters. The molecule has 0 saturated heterocycles. The number of aromatic amines is 1. The Bertz CT molecular complexity index is 910. The van der Waals surface area contributed by atoms with E-state index < -0.39 is 11.2 Å². The summed E-state index contributed by atoms with van der Waals surface area (Å²) in [4.78, 5) is 27.0. The van der Waals surface area contributed by atoms with E-state index in [1.807, 2.05) is 0 Å². The van der Waals surface area contributed by atoms with Crippen molar-refractivity contribution >= 4 is 22.5 Å². The Kier molecular flexibility index (Phi) is 2.84. The summed E-state index contributed by atoms with van der Waals surface area (Å²) in [5.74, 6) is -0.175. The highest BCUT2D eigenvalue weighted by Crippen LogP contribution is 2.18. The average molecular weight is 289 g/mol. The second-order valence-corrected chi connectivity index (χ2v) is 4.68. The summed E-state index contributed by atoms with van der Waals surface area (Å²) in [6.07, 6.45) is 0. The van der Waals surface area contributed by atoms with Crippen LogP contribution in [0.2, 0.25) is 5.02 Å². The highest BCUT2D eigenvalue weighted by molar-refractivity contribution is 6.30. The third-order valence-corrected chi connectivity index (χ3v) is 3.24. The van der Waals surface area contributed by atoms with Crippen LogP contribution in [0.15, 0.2) is 52.1 Å². The maximum Gasteiger partial charge on any atom is 0.333 e. The number of aromatic nitrogens is 2. The molecule has 0 saturated carbocycles. The molecule has 20 heavy (non-hydrogen) atoms. The van der Waals surface area contributed by atoms with Crippen LogP contribution in [0.25, 0.3) is 16.6 Å². The standard InChI is InChI=1S/C14H9ClN2O3/c15-8-4-6-9(7-5-8)17-13(19)12-10(16-14(17)20)2-1-3-11(12)18/h1-7,18H,(H,16,20). The van der Waals surface area contributed by atoms with Crippen LogP contribution in [0, 0.1) is 0 Å². The topological polar surface area (TPSA) is 75.1 Å². The highest BCUT2D eigenvalue weighted by atomic mass is 35.5. The molecule has 0 spiro atoms. The SMILES string of the molecule is O=c1[nH]c2cccc(O)c2c(=O)n1-c1ccc(Cl)cc1. The van der Waals surface area contributed by atoms with Gasteiger partial charge in [-0.1, -0.05) is 17.7 Å². The van der Waals surface area contributed by atoms with Gasteiger partial charge in [0.15, 0.2) is 0 Å². The molecule has 0 bridgehead atoms. The van der Waals surface area contributed by atoms with Crippen LogP contribution >= 0.6 is 11.6 Å². The minimum atomic E-state index is -0.579. The molecule has 2 aromatic carbocycles. The normalized spacial score (nSPS) is 10.8. The number of benzene rings is 2.